The van der Waals surface area contributed by atoms with E-state index in [2.05, 4.69) is 12.1 Å². The molecule has 0 unspecified atom stereocenters. The van der Waals surface area contributed by atoms with Crippen LogP contribution in [0.3, 0.4) is 0 Å². The zero-order valence-electron chi connectivity index (χ0n) is 10.6. The van der Waals surface area contributed by atoms with Crippen molar-refractivity contribution < 1.29 is 18.9 Å². The smallest absolute Gasteiger partial charge is 0.104 e. The van der Waals surface area contributed by atoms with Gasteiger partial charge in [-0.05, 0) is 6.42 Å². The Kier molecular flexibility index (Phi) is 14.9. The van der Waals surface area contributed by atoms with Crippen molar-refractivity contribution in [3.8, 4) is 0 Å². The Morgan fingerprint density at radius 1 is 0.706 bits per heavy atom. The average Bonchev–Trinajstić information content (AvgIpc) is 2.35. The predicted molar refractivity (Wildman–Crippen MR) is 64.2 cm³/mol. The minimum absolute atomic E-state index is 0.195. The number of hydrogen-bond acceptors (Lipinski definition) is 6. The molecule has 6 heteroatoms. The monoisotopic (exact) mass is 249 g/mol. The molecule has 0 saturated heterocycles. The van der Waals surface area contributed by atoms with Crippen molar-refractivity contribution in [1.29, 1.82) is 0 Å². The average molecular weight is 249 g/mol. The summed E-state index contributed by atoms with van der Waals surface area (Å²) in [4.78, 5) is 9.72. The van der Waals surface area contributed by atoms with Gasteiger partial charge in [0.2, 0.25) is 0 Å². The Labute approximate surface area is 103 Å². The summed E-state index contributed by atoms with van der Waals surface area (Å²) in [6.07, 6.45) is 1.03. The van der Waals surface area contributed by atoms with Gasteiger partial charge in [0.25, 0.3) is 0 Å². The van der Waals surface area contributed by atoms with Crippen LogP contribution in [0.5, 0.6) is 0 Å². The topological polar surface area (TPSA) is 66.3 Å². The van der Waals surface area contributed by atoms with Gasteiger partial charge in [-0.1, -0.05) is 12.1 Å². The van der Waals surface area contributed by atoms with Crippen molar-refractivity contribution >= 4 is 0 Å². The van der Waals surface area contributed by atoms with Crippen LogP contribution in [0.15, 0.2) is 5.18 Å². The maximum atomic E-state index is 9.72. The van der Waals surface area contributed by atoms with E-state index >= 15 is 0 Å². The molecule has 0 aromatic rings. The van der Waals surface area contributed by atoms with Crippen molar-refractivity contribution in [2.24, 2.45) is 5.18 Å². The van der Waals surface area contributed by atoms with E-state index < -0.39 is 0 Å². The van der Waals surface area contributed by atoms with E-state index in [1.807, 2.05) is 0 Å². The third-order valence-corrected chi connectivity index (χ3v) is 1.79. The van der Waals surface area contributed by atoms with E-state index in [9.17, 15) is 4.91 Å². The molecule has 0 N–H and O–H groups in total. The first-order valence-electron chi connectivity index (χ1n) is 6.02. The Bertz CT molecular complexity index is 157. The highest BCUT2D eigenvalue weighted by Gasteiger charge is 1.92. The van der Waals surface area contributed by atoms with Gasteiger partial charge in [0.15, 0.2) is 0 Å². The summed E-state index contributed by atoms with van der Waals surface area (Å²) in [5.41, 5.74) is 0. The molecule has 0 heterocycles. The number of nitrogens with zero attached hydrogens (tertiary/aromatic N) is 1. The summed E-state index contributed by atoms with van der Waals surface area (Å²) in [6.45, 7) is 6.74. The minimum atomic E-state index is 0.195. The summed E-state index contributed by atoms with van der Waals surface area (Å²) in [7, 11) is 0. The van der Waals surface area contributed by atoms with Crippen molar-refractivity contribution in [1.82, 2.24) is 0 Å². The van der Waals surface area contributed by atoms with Crippen LogP contribution in [0.4, 0.5) is 0 Å². The zero-order chi connectivity index (χ0) is 12.6. The highest BCUT2D eigenvalue weighted by Crippen LogP contribution is 1.84. The lowest BCUT2D eigenvalue weighted by molar-refractivity contribution is -0.000893. The molecule has 17 heavy (non-hydrogen) atoms. The lowest BCUT2D eigenvalue weighted by Gasteiger charge is -2.06. The van der Waals surface area contributed by atoms with Crippen LogP contribution in [-0.2, 0) is 18.9 Å². The molecule has 0 rings (SSSR count). The van der Waals surface area contributed by atoms with E-state index in [0.717, 1.165) is 13.0 Å². The quantitative estimate of drug-likeness (QED) is 0.342. The Balaban J connectivity index is 2.87. The standard InChI is InChI=1S/C11H23NO5/c1-2-4-14-6-8-16-10-11-17-9-7-15-5-3-12-13/h2-11H2,1H3. The minimum Gasteiger partial charge on any atom is -0.379 e. The van der Waals surface area contributed by atoms with Crippen LogP contribution in [0.1, 0.15) is 13.3 Å². The van der Waals surface area contributed by atoms with E-state index in [-0.39, 0.29) is 6.54 Å². The maximum absolute atomic E-state index is 9.72. The van der Waals surface area contributed by atoms with Crippen LogP contribution >= 0.6 is 0 Å². The second kappa shape index (κ2) is 15.4. The molecule has 0 spiro atoms. The molecule has 0 aliphatic carbocycles. The molecule has 0 aromatic heterocycles. The molecule has 6 nitrogen and oxygen atoms in total. The van der Waals surface area contributed by atoms with Crippen molar-refractivity contribution in [2.75, 3.05) is 59.4 Å². The fraction of sp³-hybridized carbons (Fsp3) is 1.00. The van der Waals surface area contributed by atoms with Gasteiger partial charge in [0.1, 0.15) is 6.54 Å². The third kappa shape index (κ3) is 15.4. The van der Waals surface area contributed by atoms with Gasteiger partial charge < -0.3 is 18.9 Å². The van der Waals surface area contributed by atoms with Crippen LogP contribution in [0.2, 0.25) is 0 Å². The molecule has 0 bridgehead atoms. The van der Waals surface area contributed by atoms with E-state index in [1.165, 1.54) is 0 Å². The second-order valence-electron chi connectivity index (χ2n) is 3.30. The summed E-state index contributed by atoms with van der Waals surface area (Å²) < 4.78 is 20.8. The number of hydrogen-bond donors (Lipinski definition) is 0. The maximum Gasteiger partial charge on any atom is 0.104 e. The van der Waals surface area contributed by atoms with Gasteiger partial charge in [-0.2, -0.15) is 4.91 Å². The van der Waals surface area contributed by atoms with Gasteiger partial charge in [0, 0.05) is 6.61 Å². The largest absolute Gasteiger partial charge is 0.379 e. The fourth-order valence-electron chi connectivity index (χ4n) is 1.01. The van der Waals surface area contributed by atoms with Gasteiger partial charge in [0.05, 0.1) is 46.2 Å². The molecule has 102 valence electrons. The highest BCUT2D eigenvalue weighted by atomic mass is 16.6. The Morgan fingerprint density at radius 3 is 1.53 bits per heavy atom. The van der Waals surface area contributed by atoms with Crippen LogP contribution < -0.4 is 0 Å². The summed E-state index contributed by atoms with van der Waals surface area (Å²) in [6, 6.07) is 0. The van der Waals surface area contributed by atoms with E-state index in [0.29, 0.717) is 46.2 Å². The molecule has 0 aliphatic rings. The lowest BCUT2D eigenvalue weighted by Crippen LogP contribution is -2.12. The molecule has 0 fully saturated rings. The van der Waals surface area contributed by atoms with Crippen molar-refractivity contribution in [2.45, 2.75) is 13.3 Å². The first kappa shape index (κ1) is 16.4. The number of rotatable bonds is 14. The molecular weight excluding hydrogens is 226 g/mol. The summed E-state index contributed by atoms with van der Waals surface area (Å²) >= 11 is 0. The molecule has 0 aromatic carbocycles. The zero-order valence-corrected chi connectivity index (χ0v) is 10.6. The highest BCUT2D eigenvalue weighted by molar-refractivity contribution is 4.38. The van der Waals surface area contributed by atoms with Crippen molar-refractivity contribution in [3.63, 3.8) is 0 Å². The van der Waals surface area contributed by atoms with Gasteiger partial charge >= 0.3 is 0 Å². The third-order valence-electron chi connectivity index (χ3n) is 1.79. The number of ether oxygens (including phenoxy) is 4. The SMILES string of the molecule is CCCOCCOCCOCCOCCN=O. The Hall–Kier alpha value is -0.560. The van der Waals surface area contributed by atoms with E-state index in [1.54, 1.807) is 0 Å². The van der Waals surface area contributed by atoms with Gasteiger partial charge in [-0.15, -0.1) is 0 Å². The molecular formula is C11H23NO5. The van der Waals surface area contributed by atoms with Crippen molar-refractivity contribution in [3.05, 3.63) is 4.91 Å². The second-order valence-corrected chi connectivity index (χ2v) is 3.30. The van der Waals surface area contributed by atoms with Crippen LogP contribution in [0, 0.1) is 4.91 Å². The first-order valence-corrected chi connectivity index (χ1v) is 6.02. The predicted octanol–water partition coefficient (Wildman–Crippen LogP) is 1.23. The summed E-state index contributed by atoms with van der Waals surface area (Å²) in [5, 5.41) is 2.68. The molecule has 0 aliphatic heterocycles. The number of nitroso groups, excluding NO2 is 1. The Morgan fingerprint density at radius 2 is 1.12 bits per heavy atom. The molecule has 0 radical (unpaired) electrons. The normalized spacial score (nSPS) is 10.6. The lowest BCUT2D eigenvalue weighted by atomic mass is 10.5. The molecule has 0 amide bonds. The molecule has 0 atom stereocenters. The first-order chi connectivity index (χ1) is 8.41. The van der Waals surface area contributed by atoms with Crippen LogP contribution in [-0.4, -0.2) is 59.4 Å². The summed E-state index contributed by atoms with van der Waals surface area (Å²) in [5.74, 6) is 0. The molecule has 0 saturated carbocycles. The van der Waals surface area contributed by atoms with Gasteiger partial charge in [-0.3, -0.25) is 0 Å². The van der Waals surface area contributed by atoms with Crippen LogP contribution in [0.25, 0.3) is 0 Å². The van der Waals surface area contributed by atoms with E-state index in [4.69, 9.17) is 18.9 Å². The van der Waals surface area contributed by atoms with Gasteiger partial charge in [-0.25, -0.2) is 0 Å². The fourth-order valence-corrected chi connectivity index (χ4v) is 1.01.